The van der Waals surface area contributed by atoms with Gasteiger partial charge in [0.05, 0.1) is 11.3 Å². The lowest BCUT2D eigenvalue weighted by molar-refractivity contribution is 0.562. The molecule has 0 radical (unpaired) electrons. The highest BCUT2D eigenvalue weighted by Gasteiger charge is 2.22. The van der Waals surface area contributed by atoms with E-state index in [-0.39, 0.29) is 33.9 Å². The van der Waals surface area contributed by atoms with Gasteiger partial charge in [0, 0.05) is 5.39 Å². The van der Waals surface area contributed by atoms with Crippen molar-refractivity contribution in [3.63, 3.8) is 0 Å². The number of nitriles is 2. The highest BCUT2D eigenvalue weighted by atomic mass is 16.4. The third-order valence-corrected chi connectivity index (χ3v) is 3.80. The molecule has 0 aliphatic rings. The van der Waals surface area contributed by atoms with Gasteiger partial charge in [-0.3, -0.25) is 0 Å². The van der Waals surface area contributed by atoms with Crippen LogP contribution in [0.25, 0.3) is 22.2 Å². The van der Waals surface area contributed by atoms with E-state index in [0.717, 1.165) is 0 Å². The number of para-hydroxylation sites is 1. The Hall–Kier alpha value is -3.84. The molecule has 3 rings (SSSR count). The summed E-state index contributed by atoms with van der Waals surface area (Å²) in [6.45, 7) is 1.72. The van der Waals surface area contributed by atoms with E-state index in [9.17, 15) is 10.1 Å². The van der Waals surface area contributed by atoms with E-state index in [2.05, 4.69) is 4.98 Å². The topological polar surface area (TPSA) is 143 Å². The zero-order valence-corrected chi connectivity index (χ0v) is 12.6. The lowest BCUT2D eigenvalue weighted by atomic mass is 9.98. The number of pyridine rings is 1. The Morgan fingerprint density at radius 3 is 2.46 bits per heavy atom. The van der Waals surface area contributed by atoms with E-state index >= 15 is 0 Å². The van der Waals surface area contributed by atoms with Crippen molar-refractivity contribution in [3.05, 3.63) is 51.4 Å². The average molecular weight is 317 g/mol. The van der Waals surface area contributed by atoms with Crippen molar-refractivity contribution in [2.45, 2.75) is 6.92 Å². The van der Waals surface area contributed by atoms with Gasteiger partial charge in [-0.15, -0.1) is 0 Å². The predicted molar refractivity (Wildman–Crippen MR) is 88.7 cm³/mol. The maximum absolute atomic E-state index is 12.4. The lowest BCUT2D eigenvalue weighted by Gasteiger charge is -2.12. The number of rotatable bonds is 1. The van der Waals surface area contributed by atoms with Crippen molar-refractivity contribution in [3.8, 4) is 23.4 Å². The minimum atomic E-state index is -0.654. The van der Waals surface area contributed by atoms with E-state index in [0.29, 0.717) is 16.5 Å². The summed E-state index contributed by atoms with van der Waals surface area (Å²) in [6.07, 6.45) is 0. The van der Waals surface area contributed by atoms with Gasteiger partial charge in [0.1, 0.15) is 40.4 Å². The zero-order valence-electron chi connectivity index (χ0n) is 12.6. The van der Waals surface area contributed by atoms with Gasteiger partial charge in [-0.1, -0.05) is 18.2 Å². The molecule has 0 amide bonds. The molecule has 2 heterocycles. The van der Waals surface area contributed by atoms with E-state index in [4.69, 9.17) is 21.1 Å². The Balaban J connectivity index is 2.48. The number of nitrogens with two attached hydrogens (primary N) is 2. The van der Waals surface area contributed by atoms with E-state index in [1.165, 1.54) is 0 Å². The van der Waals surface area contributed by atoms with Crippen LogP contribution in [0.2, 0.25) is 0 Å². The zero-order chi connectivity index (χ0) is 17.4. The summed E-state index contributed by atoms with van der Waals surface area (Å²) < 4.78 is 5.31. The molecule has 3 aromatic rings. The second kappa shape index (κ2) is 5.41. The smallest absolute Gasteiger partial charge is 0.346 e. The van der Waals surface area contributed by atoms with Gasteiger partial charge in [-0.05, 0) is 18.6 Å². The molecule has 7 nitrogen and oxygen atoms in total. The molecule has 0 bridgehead atoms. The van der Waals surface area contributed by atoms with Crippen molar-refractivity contribution < 1.29 is 4.42 Å². The third-order valence-electron chi connectivity index (χ3n) is 3.80. The van der Waals surface area contributed by atoms with Gasteiger partial charge in [0.15, 0.2) is 0 Å². The molecule has 0 fully saturated rings. The summed E-state index contributed by atoms with van der Waals surface area (Å²) in [4.78, 5) is 16.5. The maximum Gasteiger partial charge on any atom is 0.346 e. The number of nitrogen functional groups attached to an aromatic ring is 2. The first-order chi connectivity index (χ1) is 11.5. The quantitative estimate of drug-likeness (QED) is 0.654. The summed E-state index contributed by atoms with van der Waals surface area (Å²) >= 11 is 0. The standard InChI is InChI=1S/C17H11N5O2/c1-8-9-4-2-3-5-12(9)24-17(23)13(8)15-10(6-18)14(20)11(7-19)16(21)22-15/h2-5H,1H3,(H4,20,21,22). The highest BCUT2D eigenvalue weighted by Crippen LogP contribution is 2.32. The number of hydrogen-bond acceptors (Lipinski definition) is 7. The minimum absolute atomic E-state index is 0.0171. The maximum atomic E-state index is 12.4. The molecular weight excluding hydrogens is 306 g/mol. The Bertz CT molecular complexity index is 1130. The summed E-state index contributed by atoms with van der Waals surface area (Å²) in [7, 11) is 0. The fourth-order valence-corrected chi connectivity index (χ4v) is 2.61. The molecular formula is C17H11N5O2. The van der Waals surface area contributed by atoms with Gasteiger partial charge in [0.25, 0.3) is 0 Å². The Morgan fingerprint density at radius 2 is 1.79 bits per heavy atom. The Kier molecular flexibility index (Phi) is 3.40. The number of hydrogen-bond donors (Lipinski definition) is 2. The van der Waals surface area contributed by atoms with Crippen LogP contribution in [0, 0.1) is 29.6 Å². The van der Waals surface area contributed by atoms with Crippen molar-refractivity contribution in [1.29, 1.82) is 10.5 Å². The average Bonchev–Trinajstić information content (AvgIpc) is 2.55. The van der Waals surface area contributed by atoms with Gasteiger partial charge in [-0.2, -0.15) is 10.5 Å². The van der Waals surface area contributed by atoms with Gasteiger partial charge >= 0.3 is 5.63 Å². The molecule has 0 saturated heterocycles. The molecule has 0 spiro atoms. The monoisotopic (exact) mass is 317 g/mol. The molecule has 0 aliphatic carbocycles. The van der Waals surface area contributed by atoms with E-state index < -0.39 is 5.63 Å². The third kappa shape index (κ3) is 2.04. The number of aryl methyl sites for hydroxylation is 1. The van der Waals surface area contributed by atoms with Crippen molar-refractivity contribution in [1.82, 2.24) is 4.98 Å². The molecule has 4 N–H and O–H groups in total. The van der Waals surface area contributed by atoms with Crippen LogP contribution < -0.4 is 17.1 Å². The summed E-state index contributed by atoms with van der Waals surface area (Å²) in [5.41, 5.74) is 11.8. The van der Waals surface area contributed by atoms with Crippen LogP contribution in [-0.2, 0) is 0 Å². The Labute approximate surface area is 136 Å². The second-order valence-corrected chi connectivity index (χ2v) is 5.12. The minimum Gasteiger partial charge on any atom is -0.422 e. The summed E-state index contributed by atoms with van der Waals surface area (Å²) in [5, 5.41) is 19.2. The van der Waals surface area contributed by atoms with E-state index in [1.807, 2.05) is 12.1 Å². The second-order valence-electron chi connectivity index (χ2n) is 5.12. The predicted octanol–water partition coefficient (Wildman–Crippen LogP) is 2.07. The first-order valence-electron chi connectivity index (χ1n) is 6.91. The van der Waals surface area contributed by atoms with Crippen LogP contribution in [0.15, 0.2) is 33.5 Å². The van der Waals surface area contributed by atoms with Crippen LogP contribution in [0.1, 0.15) is 16.7 Å². The molecule has 2 aromatic heterocycles. The van der Waals surface area contributed by atoms with Crippen LogP contribution >= 0.6 is 0 Å². The van der Waals surface area contributed by atoms with Gasteiger partial charge in [-0.25, -0.2) is 9.78 Å². The normalized spacial score (nSPS) is 10.3. The number of aromatic nitrogens is 1. The molecule has 0 aliphatic heterocycles. The van der Waals surface area contributed by atoms with Gasteiger partial charge < -0.3 is 15.9 Å². The molecule has 1 aromatic carbocycles. The summed E-state index contributed by atoms with van der Waals surface area (Å²) in [6, 6.07) is 10.7. The molecule has 0 saturated carbocycles. The number of fused-ring (bicyclic) bond motifs is 1. The molecule has 0 atom stereocenters. The Morgan fingerprint density at radius 1 is 1.12 bits per heavy atom. The highest BCUT2D eigenvalue weighted by molar-refractivity contribution is 5.89. The number of nitrogens with zero attached hydrogens (tertiary/aromatic N) is 3. The van der Waals surface area contributed by atoms with Crippen molar-refractivity contribution >= 4 is 22.5 Å². The number of anilines is 2. The van der Waals surface area contributed by atoms with Crippen LogP contribution in [0.5, 0.6) is 0 Å². The largest absolute Gasteiger partial charge is 0.422 e. The molecule has 116 valence electrons. The lowest BCUT2D eigenvalue weighted by Crippen LogP contribution is -2.12. The van der Waals surface area contributed by atoms with Crippen molar-refractivity contribution in [2.24, 2.45) is 0 Å². The van der Waals surface area contributed by atoms with Crippen LogP contribution in [-0.4, -0.2) is 4.98 Å². The fourth-order valence-electron chi connectivity index (χ4n) is 2.61. The van der Waals surface area contributed by atoms with Crippen LogP contribution in [0.3, 0.4) is 0 Å². The fraction of sp³-hybridized carbons (Fsp3) is 0.0588. The van der Waals surface area contributed by atoms with Gasteiger partial charge in [0.2, 0.25) is 0 Å². The van der Waals surface area contributed by atoms with E-state index in [1.54, 1.807) is 31.2 Å². The van der Waals surface area contributed by atoms with Crippen LogP contribution in [0.4, 0.5) is 11.5 Å². The molecule has 0 unspecified atom stereocenters. The number of benzene rings is 1. The molecule has 7 heteroatoms. The van der Waals surface area contributed by atoms with Crippen molar-refractivity contribution in [2.75, 3.05) is 11.5 Å². The first-order valence-corrected chi connectivity index (χ1v) is 6.91. The summed E-state index contributed by atoms with van der Waals surface area (Å²) in [5.74, 6) is -0.143. The first kappa shape index (κ1) is 15.1. The molecule has 24 heavy (non-hydrogen) atoms. The SMILES string of the molecule is Cc1c(-c2nc(N)c(C#N)c(N)c2C#N)c(=O)oc2ccccc12.